The zero-order chi connectivity index (χ0) is 9.73. The van der Waals surface area contributed by atoms with Crippen LogP contribution in [0.5, 0.6) is 0 Å². The van der Waals surface area contributed by atoms with Crippen LogP contribution in [0, 0.1) is 0 Å². The zero-order valence-corrected chi connectivity index (χ0v) is 7.50. The van der Waals surface area contributed by atoms with Crippen LogP contribution in [-0.2, 0) is 6.54 Å². The Bertz CT molecular complexity index is 246. The Morgan fingerprint density at radius 1 is 1.23 bits per heavy atom. The molecule has 1 aromatic carbocycles. The molecule has 0 aliphatic carbocycles. The third kappa shape index (κ3) is 3.51. The molecule has 1 aromatic rings. The molecule has 72 valence electrons. The van der Waals surface area contributed by atoms with Gasteiger partial charge in [0.25, 0.3) is 0 Å². The van der Waals surface area contributed by atoms with E-state index in [4.69, 9.17) is 0 Å². The van der Waals surface area contributed by atoms with Crippen LogP contribution in [0.2, 0.25) is 0 Å². The van der Waals surface area contributed by atoms with Crippen molar-refractivity contribution >= 4 is 0 Å². The molecule has 3 heteroatoms. The van der Waals surface area contributed by atoms with Crippen LogP contribution in [0.1, 0.15) is 18.9 Å². The summed E-state index contributed by atoms with van der Waals surface area (Å²) in [6, 6.07) is 6.17. The molecule has 0 radical (unpaired) electrons. The van der Waals surface area contributed by atoms with Crippen molar-refractivity contribution in [2.75, 3.05) is 0 Å². The fourth-order valence-electron chi connectivity index (χ4n) is 0.902. The maximum atomic E-state index is 12.7. The number of nitrogens with zero attached hydrogens (tertiary/aromatic N) is 1. The summed E-state index contributed by atoms with van der Waals surface area (Å²) in [5, 5.41) is 3.31. The van der Waals surface area contributed by atoms with E-state index in [1.54, 1.807) is 12.1 Å². The molecule has 0 aliphatic rings. The molecule has 0 unspecified atom stereocenters. The largest absolute Gasteiger partial charge is 0.597 e. The Morgan fingerprint density at radius 2 is 1.85 bits per heavy atom. The van der Waals surface area contributed by atoms with E-state index in [9.17, 15) is 8.78 Å². The van der Waals surface area contributed by atoms with E-state index in [-0.39, 0.29) is 13.0 Å². The van der Waals surface area contributed by atoms with Crippen LogP contribution < -0.4 is 0 Å². The third-order valence-electron chi connectivity index (χ3n) is 1.76. The van der Waals surface area contributed by atoms with Gasteiger partial charge >= 0.3 is 0 Å². The minimum Gasteiger partial charge on any atom is -0.597 e. The van der Waals surface area contributed by atoms with Gasteiger partial charge in [-0.1, -0.05) is 42.8 Å². The maximum Gasteiger partial charge on any atom is 0.170 e. The van der Waals surface area contributed by atoms with Gasteiger partial charge in [0, 0.05) is 0 Å². The van der Waals surface area contributed by atoms with Crippen LogP contribution in [0.4, 0.5) is 8.78 Å². The molecule has 0 saturated heterocycles. The fourth-order valence-corrected chi connectivity index (χ4v) is 0.902. The summed E-state index contributed by atoms with van der Waals surface area (Å²) in [7, 11) is 0. The van der Waals surface area contributed by atoms with Crippen LogP contribution in [-0.4, -0.2) is 6.05 Å². The Morgan fingerprint density at radius 3 is 2.38 bits per heavy atom. The number of hydrogen-bond acceptors (Lipinski definition) is 0. The second-order valence-corrected chi connectivity index (χ2v) is 2.82. The lowest BCUT2D eigenvalue weighted by Gasteiger charge is -2.30. The van der Waals surface area contributed by atoms with Gasteiger partial charge in [0.05, 0.1) is 0 Å². The minimum absolute atomic E-state index is 0.0850. The average Bonchev–Trinajstić information content (AvgIpc) is 2.17. The molecular formula is C10H12F2N-. The van der Waals surface area contributed by atoms with Crippen molar-refractivity contribution in [2.24, 2.45) is 0 Å². The number of halogens is 2. The van der Waals surface area contributed by atoms with E-state index in [2.05, 4.69) is 5.32 Å². The van der Waals surface area contributed by atoms with E-state index in [0.717, 1.165) is 5.56 Å². The van der Waals surface area contributed by atoms with Crippen molar-refractivity contribution in [3.8, 4) is 0 Å². The first-order valence-electron chi connectivity index (χ1n) is 4.24. The summed E-state index contributed by atoms with van der Waals surface area (Å²) < 4.78 is 25.3. The first-order valence-corrected chi connectivity index (χ1v) is 4.24. The fraction of sp³-hybridized carbons (Fsp3) is 0.400. The molecule has 0 heterocycles. The number of benzene rings is 1. The van der Waals surface area contributed by atoms with E-state index >= 15 is 0 Å². The lowest BCUT2D eigenvalue weighted by Crippen LogP contribution is -2.12. The van der Waals surface area contributed by atoms with Gasteiger partial charge in [0.2, 0.25) is 0 Å². The SMILES string of the molecule is CCC(F)(F)[N-]Cc1ccccc1. The summed E-state index contributed by atoms with van der Waals surface area (Å²) in [5.41, 5.74) is 0.815. The second-order valence-electron chi connectivity index (χ2n) is 2.82. The zero-order valence-electron chi connectivity index (χ0n) is 7.50. The molecule has 0 fully saturated rings. The standard InChI is InChI=1S/C10H12F2N/c1-2-10(11,12)13-8-9-6-4-3-5-7-9/h3-7H,2,8H2,1H3/q-1. The van der Waals surface area contributed by atoms with Crippen LogP contribution in [0.15, 0.2) is 30.3 Å². The number of alkyl halides is 2. The van der Waals surface area contributed by atoms with Gasteiger partial charge in [0.15, 0.2) is 6.05 Å². The predicted molar refractivity (Wildman–Crippen MR) is 48.7 cm³/mol. The highest BCUT2D eigenvalue weighted by Gasteiger charge is 2.12. The topological polar surface area (TPSA) is 14.1 Å². The molecule has 0 bridgehead atoms. The molecule has 13 heavy (non-hydrogen) atoms. The molecule has 0 atom stereocenters. The molecular weight excluding hydrogens is 172 g/mol. The Labute approximate surface area is 76.8 Å². The van der Waals surface area contributed by atoms with Gasteiger partial charge < -0.3 is 5.32 Å². The highest BCUT2D eigenvalue weighted by molar-refractivity contribution is 5.17. The first kappa shape index (κ1) is 10.1. The average molecular weight is 184 g/mol. The summed E-state index contributed by atoms with van der Waals surface area (Å²) >= 11 is 0. The summed E-state index contributed by atoms with van der Waals surface area (Å²) in [5.74, 6) is 0. The van der Waals surface area contributed by atoms with E-state index < -0.39 is 6.05 Å². The second kappa shape index (κ2) is 4.33. The highest BCUT2D eigenvalue weighted by atomic mass is 19.3. The van der Waals surface area contributed by atoms with Gasteiger partial charge in [-0.3, -0.25) is 0 Å². The Hall–Kier alpha value is -0.960. The first-order chi connectivity index (χ1) is 6.14. The minimum atomic E-state index is -2.88. The van der Waals surface area contributed by atoms with Gasteiger partial charge in [-0.2, -0.15) is 0 Å². The summed E-state index contributed by atoms with van der Waals surface area (Å²) in [4.78, 5) is 0. The van der Waals surface area contributed by atoms with Gasteiger partial charge in [-0.15, -0.1) is 6.54 Å². The molecule has 1 rings (SSSR count). The van der Waals surface area contributed by atoms with Crippen molar-refractivity contribution in [1.82, 2.24) is 0 Å². The van der Waals surface area contributed by atoms with E-state index in [1.165, 1.54) is 6.92 Å². The lowest BCUT2D eigenvalue weighted by molar-refractivity contribution is 0.0354. The van der Waals surface area contributed by atoms with E-state index in [1.807, 2.05) is 18.2 Å². The Balaban J connectivity index is 2.44. The molecule has 0 amide bonds. The third-order valence-corrected chi connectivity index (χ3v) is 1.76. The maximum absolute atomic E-state index is 12.7. The van der Waals surface area contributed by atoms with Crippen molar-refractivity contribution in [3.63, 3.8) is 0 Å². The van der Waals surface area contributed by atoms with Crippen molar-refractivity contribution in [1.29, 1.82) is 0 Å². The van der Waals surface area contributed by atoms with Crippen LogP contribution in [0.25, 0.3) is 5.32 Å². The smallest absolute Gasteiger partial charge is 0.170 e. The van der Waals surface area contributed by atoms with Gasteiger partial charge in [-0.25, -0.2) is 8.78 Å². The molecule has 0 aliphatic heterocycles. The molecule has 0 aromatic heterocycles. The summed E-state index contributed by atoms with van der Waals surface area (Å²) in [6.45, 7) is 1.51. The molecule has 0 spiro atoms. The van der Waals surface area contributed by atoms with Gasteiger partial charge in [-0.05, 0) is 6.42 Å². The highest BCUT2D eigenvalue weighted by Crippen LogP contribution is 2.26. The van der Waals surface area contributed by atoms with Crippen molar-refractivity contribution in [3.05, 3.63) is 41.2 Å². The monoisotopic (exact) mass is 184 g/mol. The Kier molecular flexibility index (Phi) is 3.37. The van der Waals surface area contributed by atoms with Crippen molar-refractivity contribution in [2.45, 2.75) is 25.9 Å². The molecule has 0 saturated carbocycles. The number of rotatable bonds is 4. The molecule has 1 nitrogen and oxygen atoms in total. The van der Waals surface area contributed by atoms with Crippen LogP contribution in [0.3, 0.4) is 0 Å². The summed E-state index contributed by atoms with van der Waals surface area (Å²) in [6.07, 6.45) is -0.236. The quantitative estimate of drug-likeness (QED) is 0.635. The normalized spacial score (nSPS) is 11.6. The van der Waals surface area contributed by atoms with Gasteiger partial charge in [0.1, 0.15) is 0 Å². The van der Waals surface area contributed by atoms with Crippen LogP contribution >= 0.6 is 0 Å². The molecule has 0 N–H and O–H groups in total. The number of hydrogen-bond donors (Lipinski definition) is 0. The van der Waals surface area contributed by atoms with Crippen molar-refractivity contribution < 1.29 is 8.78 Å². The van der Waals surface area contributed by atoms with E-state index in [0.29, 0.717) is 0 Å². The predicted octanol–water partition coefficient (Wildman–Crippen LogP) is 3.56. The lowest BCUT2D eigenvalue weighted by atomic mass is 10.2.